The number of nitrogens with one attached hydrogen (secondary N) is 1. The van der Waals surface area contributed by atoms with Crippen molar-refractivity contribution in [3.05, 3.63) is 60.8 Å². The number of amides is 1. The number of hydrogen-bond acceptors (Lipinski definition) is 8. The number of allylic oxidation sites excluding steroid dienone is 10. The summed E-state index contributed by atoms with van der Waals surface area (Å²) >= 11 is 0. The zero-order valence-corrected chi connectivity index (χ0v) is 35.6. The van der Waals surface area contributed by atoms with Crippen molar-refractivity contribution in [1.82, 2.24) is 5.32 Å². The Labute approximate surface area is 338 Å². The Morgan fingerprint density at radius 2 is 1.04 bits per heavy atom. The fourth-order valence-corrected chi connectivity index (χ4v) is 6.25. The molecule has 0 saturated heterocycles. The first kappa shape index (κ1) is 53.2. The number of phosphoric ester groups is 1. The number of rotatable bonds is 39. The number of unbranched alkanes of at least 4 members (excludes halogenated alkanes) is 15. The van der Waals surface area contributed by atoms with Crippen LogP contribution >= 0.6 is 7.82 Å². The van der Waals surface area contributed by atoms with Gasteiger partial charge in [0.25, 0.3) is 0 Å². The number of aliphatic hydroxyl groups excluding tert-OH is 1. The molecule has 0 bridgehead atoms. The number of carbonyl (C=O) groups is 3. The number of ether oxygens (including phenoxy) is 1. The van der Waals surface area contributed by atoms with E-state index in [0.717, 1.165) is 96.3 Å². The highest BCUT2D eigenvalue weighted by Gasteiger charge is 2.28. The van der Waals surface area contributed by atoms with E-state index >= 15 is 0 Å². The molecule has 3 unspecified atom stereocenters. The molecule has 3 atom stereocenters. The molecule has 0 aromatic rings. The van der Waals surface area contributed by atoms with E-state index in [1.807, 2.05) is 0 Å². The average Bonchev–Trinajstić information content (AvgIpc) is 3.17. The zero-order chi connectivity index (χ0) is 41.4. The highest BCUT2D eigenvalue weighted by Crippen LogP contribution is 2.43. The van der Waals surface area contributed by atoms with Gasteiger partial charge < -0.3 is 25.2 Å². The van der Waals surface area contributed by atoms with Crippen molar-refractivity contribution < 1.29 is 47.8 Å². The highest BCUT2D eigenvalue weighted by atomic mass is 31.2. The Bertz CT molecular complexity index is 1180. The minimum atomic E-state index is -4.76. The van der Waals surface area contributed by atoms with E-state index in [1.54, 1.807) is 0 Å². The second kappa shape index (κ2) is 39.0. The lowest BCUT2D eigenvalue weighted by atomic mass is 10.1. The van der Waals surface area contributed by atoms with Gasteiger partial charge in [0.2, 0.25) is 5.91 Å². The van der Waals surface area contributed by atoms with Crippen molar-refractivity contribution in [2.45, 2.75) is 180 Å². The summed E-state index contributed by atoms with van der Waals surface area (Å²) in [6.45, 7) is 2.42. The van der Waals surface area contributed by atoms with E-state index in [9.17, 15) is 34.1 Å². The summed E-state index contributed by atoms with van der Waals surface area (Å²) < 4.78 is 26.8. The van der Waals surface area contributed by atoms with Gasteiger partial charge in [-0.15, -0.1) is 0 Å². The predicted octanol–water partition coefficient (Wildman–Crippen LogP) is 10.8. The quantitative estimate of drug-likeness (QED) is 0.0203. The molecule has 0 fully saturated rings. The molecule has 0 spiro atoms. The second-order valence-corrected chi connectivity index (χ2v) is 15.6. The number of carboxylic acid groups (broad SMARTS) is 1. The van der Waals surface area contributed by atoms with Gasteiger partial charge in [0.05, 0.1) is 13.2 Å². The number of phosphoric acid groups is 1. The van der Waals surface area contributed by atoms with Crippen molar-refractivity contribution in [3.8, 4) is 0 Å². The van der Waals surface area contributed by atoms with Gasteiger partial charge in [-0.25, -0.2) is 9.36 Å². The van der Waals surface area contributed by atoms with E-state index in [0.29, 0.717) is 12.8 Å². The van der Waals surface area contributed by atoms with Gasteiger partial charge >= 0.3 is 19.8 Å². The molecular formula is C44H76NO10P. The molecule has 0 aromatic carbocycles. The SMILES string of the molecule is CC/C=C\C/C=C\C/C=C\CCCCCCCC(=O)OCC(O)COP(=O)(O)OCC(NC(=O)CCCCCCCCC/C=C\C/C=C\CCCCC)C(=O)O. The Hall–Kier alpha value is -2.82. The first-order chi connectivity index (χ1) is 27.1. The summed E-state index contributed by atoms with van der Waals surface area (Å²) in [6, 6.07) is -1.55. The summed E-state index contributed by atoms with van der Waals surface area (Å²) in [5, 5.41) is 21.8. The number of carbonyl (C=O) groups excluding carboxylic acids is 2. The number of esters is 1. The van der Waals surface area contributed by atoms with Crippen LogP contribution in [0.15, 0.2) is 60.8 Å². The van der Waals surface area contributed by atoms with Crippen LogP contribution in [0.2, 0.25) is 0 Å². The standard InChI is InChI=1S/C44H76NO10P/c1-3-5-7-9-11-13-15-17-19-20-22-23-25-27-29-31-33-35-42(47)45-41(44(49)50)39-55-56(51,52)54-38-40(46)37-53-43(48)36-34-32-30-28-26-24-21-18-16-14-12-10-8-6-4-2/h6,8,11-14,17-19,21,40-41,46H,3-5,7,9-10,15-16,20,22-39H2,1-2H3,(H,45,47)(H,49,50)(H,51,52)/b8-6-,13-11-,14-12-,19-17-,21-18-. The first-order valence-electron chi connectivity index (χ1n) is 21.3. The maximum Gasteiger partial charge on any atom is 0.472 e. The molecule has 322 valence electrons. The van der Waals surface area contributed by atoms with Crippen LogP contribution in [0.1, 0.15) is 168 Å². The molecular weight excluding hydrogens is 733 g/mol. The Morgan fingerprint density at radius 3 is 1.55 bits per heavy atom. The molecule has 11 nitrogen and oxygen atoms in total. The van der Waals surface area contributed by atoms with Gasteiger partial charge in [0.15, 0.2) is 6.04 Å². The molecule has 0 aliphatic carbocycles. The van der Waals surface area contributed by atoms with Crippen molar-refractivity contribution >= 4 is 25.7 Å². The van der Waals surface area contributed by atoms with E-state index in [1.165, 1.54) is 32.1 Å². The summed E-state index contributed by atoms with van der Waals surface area (Å²) in [5.74, 6) is -2.41. The Morgan fingerprint density at radius 1 is 0.589 bits per heavy atom. The van der Waals surface area contributed by atoms with Gasteiger partial charge in [-0.2, -0.15) is 0 Å². The first-order valence-corrected chi connectivity index (χ1v) is 22.8. The van der Waals surface area contributed by atoms with Crippen LogP contribution in [0.25, 0.3) is 0 Å². The number of hydrogen-bond donors (Lipinski definition) is 4. The van der Waals surface area contributed by atoms with Crippen molar-refractivity contribution in [2.75, 3.05) is 19.8 Å². The zero-order valence-electron chi connectivity index (χ0n) is 34.7. The molecule has 0 radical (unpaired) electrons. The maximum atomic E-state index is 12.3. The Kier molecular flexibility index (Phi) is 37.1. The van der Waals surface area contributed by atoms with Gasteiger partial charge in [-0.1, -0.05) is 139 Å². The Balaban J connectivity index is 3.96. The minimum Gasteiger partial charge on any atom is -0.480 e. The van der Waals surface area contributed by atoms with E-state index < -0.39 is 57.6 Å². The van der Waals surface area contributed by atoms with Crippen molar-refractivity contribution in [1.29, 1.82) is 0 Å². The van der Waals surface area contributed by atoms with Crippen LogP contribution < -0.4 is 5.32 Å². The lowest BCUT2D eigenvalue weighted by molar-refractivity contribution is -0.147. The molecule has 0 aromatic heterocycles. The molecule has 0 rings (SSSR count). The smallest absolute Gasteiger partial charge is 0.472 e. The number of carboxylic acids is 1. The number of aliphatic hydroxyl groups is 1. The van der Waals surface area contributed by atoms with Gasteiger partial charge in [-0.3, -0.25) is 18.6 Å². The minimum absolute atomic E-state index is 0.133. The lowest BCUT2D eigenvalue weighted by Crippen LogP contribution is -2.43. The molecule has 12 heteroatoms. The molecule has 0 aliphatic heterocycles. The van der Waals surface area contributed by atoms with Crippen LogP contribution in [-0.2, 0) is 32.7 Å². The van der Waals surface area contributed by atoms with Crippen LogP contribution in [0.3, 0.4) is 0 Å². The second-order valence-electron chi connectivity index (χ2n) is 14.1. The number of aliphatic carboxylic acids is 1. The third-order valence-electron chi connectivity index (χ3n) is 8.79. The van der Waals surface area contributed by atoms with E-state index in [2.05, 4.69) is 79.9 Å². The molecule has 1 amide bonds. The summed E-state index contributed by atoms with van der Waals surface area (Å²) in [6.07, 6.45) is 43.8. The van der Waals surface area contributed by atoms with Crippen LogP contribution in [-0.4, -0.2) is 64.9 Å². The fourth-order valence-electron chi connectivity index (χ4n) is 5.48. The average molecular weight is 810 g/mol. The van der Waals surface area contributed by atoms with Gasteiger partial charge in [0, 0.05) is 12.8 Å². The monoisotopic (exact) mass is 810 g/mol. The highest BCUT2D eigenvalue weighted by molar-refractivity contribution is 7.47. The molecule has 0 aliphatic rings. The van der Waals surface area contributed by atoms with Gasteiger partial charge in [-0.05, 0) is 77.0 Å². The summed E-state index contributed by atoms with van der Waals surface area (Å²) in [5.41, 5.74) is 0. The topological polar surface area (TPSA) is 169 Å². The van der Waals surface area contributed by atoms with Crippen LogP contribution in [0.5, 0.6) is 0 Å². The van der Waals surface area contributed by atoms with Crippen LogP contribution in [0.4, 0.5) is 0 Å². The van der Waals surface area contributed by atoms with Crippen molar-refractivity contribution in [2.24, 2.45) is 0 Å². The lowest BCUT2D eigenvalue weighted by Gasteiger charge is -2.18. The van der Waals surface area contributed by atoms with Crippen LogP contribution in [0, 0.1) is 0 Å². The normalized spacial score (nSPS) is 14.4. The largest absolute Gasteiger partial charge is 0.480 e. The molecule has 0 saturated carbocycles. The van der Waals surface area contributed by atoms with Crippen molar-refractivity contribution in [3.63, 3.8) is 0 Å². The van der Waals surface area contributed by atoms with Gasteiger partial charge in [0.1, 0.15) is 12.7 Å². The molecule has 56 heavy (non-hydrogen) atoms. The summed E-state index contributed by atoms with van der Waals surface area (Å²) in [4.78, 5) is 45.9. The van der Waals surface area contributed by atoms with E-state index in [-0.39, 0.29) is 12.8 Å². The van der Waals surface area contributed by atoms with E-state index in [4.69, 9.17) is 13.8 Å². The molecule has 4 N–H and O–H groups in total. The fraction of sp³-hybridized carbons (Fsp3) is 0.705. The third kappa shape index (κ3) is 38.1. The predicted molar refractivity (Wildman–Crippen MR) is 226 cm³/mol. The molecule has 0 heterocycles. The maximum absolute atomic E-state index is 12.3. The summed E-state index contributed by atoms with van der Waals surface area (Å²) in [7, 11) is -4.76. The third-order valence-corrected chi connectivity index (χ3v) is 9.74.